The van der Waals surface area contributed by atoms with Crippen LogP contribution in [0, 0.1) is 0 Å². The van der Waals surface area contributed by atoms with E-state index < -0.39 is 33.4 Å². The lowest BCUT2D eigenvalue weighted by atomic mass is 10.2. The van der Waals surface area contributed by atoms with Crippen LogP contribution in [-0.2, 0) is 16.0 Å². The van der Waals surface area contributed by atoms with E-state index in [1.54, 1.807) is 0 Å². The summed E-state index contributed by atoms with van der Waals surface area (Å²) in [5, 5.41) is 9.15. The zero-order valence-electron chi connectivity index (χ0n) is 9.18. The van der Waals surface area contributed by atoms with Gasteiger partial charge in [0.15, 0.2) is 9.84 Å². The maximum Gasteiger partial charge on any atom is 0.416 e. The first kappa shape index (κ1) is 14.9. The molecule has 1 aromatic carbocycles. The van der Waals surface area contributed by atoms with E-state index >= 15 is 0 Å². The number of hydrogen-bond acceptors (Lipinski definition) is 4. The number of aliphatic hydroxyl groups is 1. The van der Waals surface area contributed by atoms with Crippen molar-refractivity contribution >= 4 is 9.84 Å². The van der Waals surface area contributed by atoms with Gasteiger partial charge in [-0.1, -0.05) is 0 Å². The number of hydrogen-bond donors (Lipinski definition) is 2. The Morgan fingerprint density at radius 3 is 2.11 bits per heavy atom. The molecule has 0 saturated carbocycles. The molecule has 4 nitrogen and oxygen atoms in total. The molecule has 1 aromatic rings. The first-order valence-corrected chi connectivity index (χ1v) is 6.60. The van der Waals surface area contributed by atoms with Crippen LogP contribution in [-0.4, -0.2) is 31.9 Å². The highest BCUT2D eigenvalue weighted by Crippen LogP contribution is 2.29. The van der Waals surface area contributed by atoms with E-state index in [0.29, 0.717) is 12.1 Å². The number of halogens is 3. The quantitative estimate of drug-likeness (QED) is 0.856. The highest BCUT2D eigenvalue weighted by molar-refractivity contribution is 7.91. The third-order valence-corrected chi connectivity index (χ3v) is 4.04. The summed E-state index contributed by atoms with van der Waals surface area (Å²) in [4.78, 5) is -0.275. The number of nitrogens with two attached hydrogens (primary N) is 1. The van der Waals surface area contributed by atoms with Crippen molar-refractivity contribution in [1.82, 2.24) is 0 Å². The fourth-order valence-corrected chi connectivity index (χ4v) is 2.65. The van der Waals surface area contributed by atoms with Crippen molar-refractivity contribution in [2.24, 2.45) is 5.73 Å². The summed E-state index contributed by atoms with van der Waals surface area (Å²) < 4.78 is 60.2. The minimum atomic E-state index is -4.51. The summed E-state index contributed by atoms with van der Waals surface area (Å²) in [6.07, 6.45) is -5.75. The molecule has 0 aliphatic rings. The molecule has 0 radical (unpaired) electrons. The van der Waals surface area contributed by atoms with Crippen molar-refractivity contribution in [2.75, 3.05) is 12.3 Å². The SMILES string of the molecule is NCC(O)CS(=O)(=O)c1ccc(C(F)(F)F)cc1. The second-order valence-corrected chi connectivity index (χ2v) is 5.73. The molecule has 0 heterocycles. The second kappa shape index (κ2) is 5.25. The summed E-state index contributed by atoms with van der Waals surface area (Å²) >= 11 is 0. The molecule has 0 bridgehead atoms. The van der Waals surface area contributed by atoms with Crippen molar-refractivity contribution < 1.29 is 26.7 Å². The Kier molecular flexibility index (Phi) is 4.36. The summed E-state index contributed by atoms with van der Waals surface area (Å²) in [6.45, 7) is -0.236. The third kappa shape index (κ3) is 3.69. The average Bonchev–Trinajstić information content (AvgIpc) is 2.27. The Balaban J connectivity index is 2.98. The summed E-state index contributed by atoms with van der Waals surface area (Å²) in [5.74, 6) is -0.616. The van der Waals surface area contributed by atoms with Crippen LogP contribution in [0.25, 0.3) is 0 Å². The van der Waals surface area contributed by atoms with Crippen molar-refractivity contribution in [1.29, 1.82) is 0 Å². The molecule has 102 valence electrons. The molecular weight excluding hydrogens is 271 g/mol. The topological polar surface area (TPSA) is 80.4 Å². The van der Waals surface area contributed by atoms with Gasteiger partial charge in [0.25, 0.3) is 0 Å². The highest BCUT2D eigenvalue weighted by Gasteiger charge is 2.30. The first-order valence-electron chi connectivity index (χ1n) is 4.95. The fourth-order valence-electron chi connectivity index (χ4n) is 1.27. The third-order valence-electron chi connectivity index (χ3n) is 2.22. The molecular formula is C10H12F3NO3S. The van der Waals surface area contributed by atoms with Gasteiger partial charge in [0.05, 0.1) is 22.3 Å². The van der Waals surface area contributed by atoms with Crippen LogP contribution in [0.5, 0.6) is 0 Å². The van der Waals surface area contributed by atoms with Crippen molar-refractivity contribution in [3.8, 4) is 0 Å². The Bertz CT molecular complexity index is 496. The van der Waals surface area contributed by atoms with Crippen molar-refractivity contribution in [3.63, 3.8) is 0 Å². The van der Waals surface area contributed by atoms with Gasteiger partial charge in [-0.15, -0.1) is 0 Å². The minimum absolute atomic E-state index is 0.236. The van der Waals surface area contributed by atoms with Gasteiger partial charge in [-0.05, 0) is 24.3 Å². The molecule has 1 rings (SSSR count). The minimum Gasteiger partial charge on any atom is -0.391 e. The molecule has 0 fully saturated rings. The van der Waals surface area contributed by atoms with Gasteiger partial charge in [0.2, 0.25) is 0 Å². The standard InChI is InChI=1S/C10H12F3NO3S/c11-10(12,13)7-1-3-9(4-2-7)18(16,17)6-8(15)5-14/h1-4,8,15H,5-6,14H2. The van der Waals surface area contributed by atoms with Gasteiger partial charge < -0.3 is 10.8 Å². The molecule has 0 aliphatic carbocycles. The lowest BCUT2D eigenvalue weighted by Crippen LogP contribution is -2.28. The maximum absolute atomic E-state index is 12.3. The van der Waals surface area contributed by atoms with E-state index in [2.05, 4.69) is 0 Å². The highest BCUT2D eigenvalue weighted by atomic mass is 32.2. The van der Waals surface area contributed by atoms with Crippen LogP contribution in [0.3, 0.4) is 0 Å². The number of rotatable bonds is 4. The van der Waals surface area contributed by atoms with Gasteiger partial charge in [0.1, 0.15) is 0 Å². The zero-order chi connectivity index (χ0) is 14.0. The molecule has 1 unspecified atom stereocenters. The lowest BCUT2D eigenvalue weighted by molar-refractivity contribution is -0.137. The Hall–Kier alpha value is -1.12. The normalized spacial score (nSPS) is 14.5. The van der Waals surface area contributed by atoms with Crippen molar-refractivity contribution in [3.05, 3.63) is 29.8 Å². The fraction of sp³-hybridized carbons (Fsp3) is 0.400. The number of benzene rings is 1. The molecule has 0 amide bonds. The van der Waals surface area contributed by atoms with Crippen LogP contribution in [0.4, 0.5) is 13.2 Å². The largest absolute Gasteiger partial charge is 0.416 e. The molecule has 0 aromatic heterocycles. The average molecular weight is 283 g/mol. The molecule has 0 saturated heterocycles. The Labute approximate surface area is 102 Å². The van der Waals surface area contributed by atoms with Gasteiger partial charge >= 0.3 is 6.18 Å². The second-order valence-electron chi connectivity index (χ2n) is 3.69. The molecule has 3 N–H and O–H groups in total. The lowest BCUT2D eigenvalue weighted by Gasteiger charge is -2.10. The van der Waals surface area contributed by atoms with Crippen molar-refractivity contribution in [2.45, 2.75) is 17.2 Å². The molecule has 8 heteroatoms. The number of sulfone groups is 1. The Morgan fingerprint density at radius 1 is 1.22 bits per heavy atom. The molecule has 0 spiro atoms. The maximum atomic E-state index is 12.3. The molecule has 0 aliphatic heterocycles. The van der Waals surface area contributed by atoms with E-state index in [1.807, 2.05) is 0 Å². The van der Waals surface area contributed by atoms with Crippen LogP contribution >= 0.6 is 0 Å². The van der Waals surface area contributed by atoms with E-state index in [9.17, 15) is 21.6 Å². The van der Waals surface area contributed by atoms with Gasteiger partial charge in [-0.25, -0.2) is 8.42 Å². The van der Waals surface area contributed by atoms with Crippen LogP contribution in [0.1, 0.15) is 5.56 Å². The van der Waals surface area contributed by atoms with Crippen LogP contribution in [0.2, 0.25) is 0 Å². The van der Waals surface area contributed by atoms with E-state index in [4.69, 9.17) is 10.8 Å². The van der Waals surface area contributed by atoms with Gasteiger partial charge in [-0.3, -0.25) is 0 Å². The predicted molar refractivity (Wildman–Crippen MR) is 58.6 cm³/mol. The van der Waals surface area contributed by atoms with Crippen LogP contribution < -0.4 is 5.73 Å². The van der Waals surface area contributed by atoms with E-state index in [-0.39, 0.29) is 11.4 Å². The smallest absolute Gasteiger partial charge is 0.391 e. The van der Waals surface area contributed by atoms with E-state index in [0.717, 1.165) is 12.1 Å². The monoisotopic (exact) mass is 283 g/mol. The molecule has 1 atom stereocenters. The first-order chi connectivity index (χ1) is 8.16. The number of aliphatic hydroxyl groups excluding tert-OH is 1. The number of alkyl halides is 3. The van der Waals surface area contributed by atoms with Crippen LogP contribution in [0.15, 0.2) is 29.2 Å². The predicted octanol–water partition coefficient (Wildman–Crippen LogP) is 0.799. The van der Waals surface area contributed by atoms with Gasteiger partial charge in [-0.2, -0.15) is 13.2 Å². The summed E-state index contributed by atoms with van der Waals surface area (Å²) in [5.41, 5.74) is 4.15. The Morgan fingerprint density at radius 2 is 1.72 bits per heavy atom. The zero-order valence-corrected chi connectivity index (χ0v) is 10.0. The molecule has 18 heavy (non-hydrogen) atoms. The summed E-state index contributed by atoms with van der Waals surface area (Å²) in [7, 11) is -3.83. The van der Waals surface area contributed by atoms with Gasteiger partial charge in [0, 0.05) is 6.54 Å². The van der Waals surface area contributed by atoms with E-state index in [1.165, 1.54) is 0 Å². The summed E-state index contributed by atoms with van der Waals surface area (Å²) in [6, 6.07) is 3.09.